The molecule has 0 aromatic rings. The maximum Gasteiger partial charge on any atom is 0.0630 e. The summed E-state index contributed by atoms with van der Waals surface area (Å²) in [6, 6.07) is 0. The molecule has 1 rings (SSSR count). The average Bonchev–Trinajstić information content (AvgIpc) is 2.68. The van der Waals surface area contributed by atoms with Crippen molar-refractivity contribution in [2.24, 2.45) is 0 Å². The summed E-state index contributed by atoms with van der Waals surface area (Å²) in [6.07, 6.45) is 10.3. The summed E-state index contributed by atoms with van der Waals surface area (Å²) in [5.74, 6) is 0.967. The van der Waals surface area contributed by atoms with E-state index in [0.717, 1.165) is 17.4 Å². The van der Waals surface area contributed by atoms with Gasteiger partial charge in [-0.3, -0.25) is 0 Å². The molecule has 0 aromatic heterocycles. The first-order valence-corrected chi connectivity index (χ1v) is 7.17. The molecule has 1 aliphatic rings. The van der Waals surface area contributed by atoms with E-state index in [4.69, 9.17) is 0 Å². The highest BCUT2D eigenvalue weighted by molar-refractivity contribution is 7.99. The molecule has 0 bridgehead atoms. The molecule has 14 heavy (non-hydrogen) atoms. The largest absolute Gasteiger partial charge is 0.392 e. The van der Waals surface area contributed by atoms with Crippen molar-refractivity contribution in [2.45, 2.75) is 69.6 Å². The Bertz CT molecular complexity index is 132. The summed E-state index contributed by atoms with van der Waals surface area (Å²) in [5, 5.41) is 10.6. The lowest BCUT2D eigenvalue weighted by Crippen LogP contribution is -2.12. The number of hydrogen-bond donors (Lipinski definition) is 1. The van der Waals surface area contributed by atoms with Crippen LogP contribution in [0.15, 0.2) is 0 Å². The molecule has 0 saturated heterocycles. The van der Waals surface area contributed by atoms with Crippen molar-refractivity contribution >= 4 is 11.8 Å². The Morgan fingerprint density at radius 2 is 2.00 bits per heavy atom. The van der Waals surface area contributed by atoms with Crippen molar-refractivity contribution in [3.05, 3.63) is 0 Å². The van der Waals surface area contributed by atoms with Gasteiger partial charge in [0.1, 0.15) is 0 Å². The van der Waals surface area contributed by atoms with Crippen LogP contribution in [0, 0.1) is 0 Å². The van der Waals surface area contributed by atoms with Crippen LogP contribution < -0.4 is 0 Å². The van der Waals surface area contributed by atoms with E-state index in [1.54, 1.807) is 0 Å². The molecule has 1 atom stereocenters. The van der Waals surface area contributed by atoms with Crippen LogP contribution in [0.1, 0.15) is 58.3 Å². The standard InChI is InChI=1S/C12H24OS/c1-2-3-4-7-11(13)10-14-12-8-5-6-9-12/h11-13H,2-10H2,1H3. The molecule has 1 fully saturated rings. The Labute approximate surface area is 92.7 Å². The molecule has 1 aliphatic carbocycles. The van der Waals surface area contributed by atoms with Gasteiger partial charge in [0, 0.05) is 11.0 Å². The number of rotatable bonds is 7. The molecule has 0 amide bonds. The third-order valence-corrected chi connectivity index (χ3v) is 4.49. The van der Waals surface area contributed by atoms with Crippen LogP contribution in [0.3, 0.4) is 0 Å². The maximum atomic E-state index is 9.72. The normalized spacial score (nSPS) is 20.1. The first-order valence-electron chi connectivity index (χ1n) is 6.12. The molecular formula is C12H24OS. The van der Waals surface area contributed by atoms with Crippen LogP contribution in [0.5, 0.6) is 0 Å². The van der Waals surface area contributed by atoms with Crippen LogP contribution in [0.25, 0.3) is 0 Å². The summed E-state index contributed by atoms with van der Waals surface area (Å²) in [4.78, 5) is 0. The molecule has 0 radical (unpaired) electrons. The number of hydrogen-bond acceptors (Lipinski definition) is 2. The monoisotopic (exact) mass is 216 g/mol. The predicted molar refractivity (Wildman–Crippen MR) is 64.9 cm³/mol. The number of thioether (sulfide) groups is 1. The highest BCUT2D eigenvalue weighted by Gasteiger charge is 2.16. The molecule has 1 unspecified atom stereocenters. The summed E-state index contributed by atoms with van der Waals surface area (Å²) in [6.45, 7) is 2.21. The Morgan fingerprint density at radius 3 is 2.64 bits per heavy atom. The average molecular weight is 216 g/mol. The smallest absolute Gasteiger partial charge is 0.0630 e. The minimum atomic E-state index is -0.0489. The second-order valence-electron chi connectivity index (χ2n) is 4.39. The van der Waals surface area contributed by atoms with Gasteiger partial charge in [0.15, 0.2) is 0 Å². The maximum absolute atomic E-state index is 9.72. The zero-order chi connectivity index (χ0) is 10.2. The fraction of sp³-hybridized carbons (Fsp3) is 1.00. The Balaban J connectivity index is 1.93. The van der Waals surface area contributed by atoms with Gasteiger partial charge < -0.3 is 5.11 Å². The van der Waals surface area contributed by atoms with E-state index in [9.17, 15) is 5.11 Å². The van der Waals surface area contributed by atoms with Crippen molar-refractivity contribution in [2.75, 3.05) is 5.75 Å². The lowest BCUT2D eigenvalue weighted by atomic mass is 10.1. The fourth-order valence-corrected chi connectivity index (χ4v) is 3.34. The molecular weight excluding hydrogens is 192 g/mol. The molecule has 1 nitrogen and oxygen atoms in total. The Morgan fingerprint density at radius 1 is 1.29 bits per heavy atom. The Hall–Kier alpha value is 0.310. The first kappa shape index (κ1) is 12.4. The van der Waals surface area contributed by atoms with Crippen LogP contribution in [0.2, 0.25) is 0 Å². The van der Waals surface area contributed by atoms with E-state index < -0.39 is 0 Å². The molecule has 0 spiro atoms. The van der Waals surface area contributed by atoms with Crippen molar-refractivity contribution in [1.82, 2.24) is 0 Å². The topological polar surface area (TPSA) is 20.2 Å². The third kappa shape index (κ3) is 5.26. The van der Waals surface area contributed by atoms with E-state index >= 15 is 0 Å². The van der Waals surface area contributed by atoms with Crippen molar-refractivity contribution in [1.29, 1.82) is 0 Å². The fourth-order valence-electron chi connectivity index (χ4n) is 2.02. The van der Waals surface area contributed by atoms with Crippen LogP contribution in [-0.4, -0.2) is 22.2 Å². The van der Waals surface area contributed by atoms with Gasteiger partial charge in [0.25, 0.3) is 0 Å². The van der Waals surface area contributed by atoms with E-state index in [2.05, 4.69) is 6.92 Å². The lowest BCUT2D eigenvalue weighted by Gasteiger charge is -2.13. The zero-order valence-electron chi connectivity index (χ0n) is 9.37. The molecule has 2 heteroatoms. The van der Waals surface area contributed by atoms with Crippen LogP contribution in [0.4, 0.5) is 0 Å². The van der Waals surface area contributed by atoms with Gasteiger partial charge in [-0.2, -0.15) is 11.8 Å². The van der Waals surface area contributed by atoms with Gasteiger partial charge in [0.05, 0.1) is 6.10 Å². The highest BCUT2D eigenvalue weighted by atomic mass is 32.2. The summed E-state index contributed by atoms with van der Waals surface area (Å²) < 4.78 is 0. The summed E-state index contributed by atoms with van der Waals surface area (Å²) in [5.41, 5.74) is 0. The van der Waals surface area contributed by atoms with Gasteiger partial charge in [-0.1, -0.05) is 39.0 Å². The molecule has 1 saturated carbocycles. The third-order valence-electron chi connectivity index (χ3n) is 2.97. The minimum absolute atomic E-state index is 0.0489. The van der Waals surface area contributed by atoms with Gasteiger partial charge in [-0.05, 0) is 19.3 Å². The quantitative estimate of drug-likeness (QED) is 0.656. The molecule has 0 aromatic carbocycles. The predicted octanol–water partition coefficient (Wildman–Crippen LogP) is 3.60. The summed E-state index contributed by atoms with van der Waals surface area (Å²) in [7, 11) is 0. The molecule has 0 aliphatic heterocycles. The van der Waals surface area contributed by atoms with Gasteiger partial charge in [-0.15, -0.1) is 0 Å². The molecule has 84 valence electrons. The van der Waals surface area contributed by atoms with Crippen molar-refractivity contribution < 1.29 is 5.11 Å². The van der Waals surface area contributed by atoms with Crippen molar-refractivity contribution in [3.63, 3.8) is 0 Å². The van der Waals surface area contributed by atoms with Gasteiger partial charge in [0.2, 0.25) is 0 Å². The molecule has 0 heterocycles. The van der Waals surface area contributed by atoms with Crippen molar-refractivity contribution in [3.8, 4) is 0 Å². The first-order chi connectivity index (χ1) is 6.83. The summed E-state index contributed by atoms with van der Waals surface area (Å²) >= 11 is 2.00. The zero-order valence-corrected chi connectivity index (χ0v) is 10.2. The van der Waals surface area contributed by atoms with E-state index in [-0.39, 0.29) is 6.10 Å². The Kier molecular flexibility index (Phi) is 6.70. The van der Waals surface area contributed by atoms with Gasteiger partial charge in [-0.25, -0.2) is 0 Å². The number of unbranched alkanes of at least 4 members (excludes halogenated alkanes) is 2. The molecule has 1 N–H and O–H groups in total. The lowest BCUT2D eigenvalue weighted by molar-refractivity contribution is 0.185. The second kappa shape index (κ2) is 7.58. The van der Waals surface area contributed by atoms with Crippen LogP contribution in [-0.2, 0) is 0 Å². The number of aliphatic hydroxyl groups excluding tert-OH is 1. The van der Waals surface area contributed by atoms with Crippen LogP contribution >= 0.6 is 11.8 Å². The highest BCUT2D eigenvalue weighted by Crippen LogP contribution is 2.30. The minimum Gasteiger partial charge on any atom is -0.392 e. The van der Waals surface area contributed by atoms with E-state index in [1.165, 1.54) is 44.9 Å². The van der Waals surface area contributed by atoms with E-state index in [1.807, 2.05) is 11.8 Å². The second-order valence-corrected chi connectivity index (χ2v) is 5.72. The SMILES string of the molecule is CCCCCC(O)CSC1CCCC1. The van der Waals surface area contributed by atoms with E-state index in [0.29, 0.717) is 0 Å². The number of aliphatic hydroxyl groups is 1. The van der Waals surface area contributed by atoms with Gasteiger partial charge >= 0.3 is 0 Å².